The van der Waals surface area contributed by atoms with E-state index in [4.69, 9.17) is 11.0 Å². The predicted octanol–water partition coefficient (Wildman–Crippen LogP) is 16.5. The lowest BCUT2D eigenvalue weighted by atomic mass is 9.70. The standard InChI is InChI=1S/C61H39NOS/c1-3-37-17-4-5-20-41(37)55-40(31-33-51-56(55)46-24-8-13-28-50(46)61(51)48-26-11-6-21-42(48)43-22-7-12-27-49(43)61)36(2)38-18-16-19-39(35-38)62-52-34-32-45-44-23-10-15-30-54(44)64-59(45)58(52)57-47-25-9-14-29-53(47)63-60(57)62/h4-35H,2-3H2,1H3. The number of fused-ring (bicyclic) bond motifs is 19. The number of aromatic nitrogens is 1. The van der Waals surface area contributed by atoms with Crippen molar-refractivity contribution in [3.63, 3.8) is 0 Å². The van der Waals surface area contributed by atoms with Crippen molar-refractivity contribution >= 4 is 70.1 Å². The first-order valence-corrected chi connectivity index (χ1v) is 23.1. The van der Waals surface area contributed by atoms with Crippen LogP contribution in [0.1, 0.15) is 45.9 Å². The molecule has 14 rings (SSSR count). The molecule has 0 atom stereocenters. The van der Waals surface area contributed by atoms with Gasteiger partial charge in [0, 0.05) is 36.6 Å². The van der Waals surface area contributed by atoms with Crippen LogP contribution in [-0.2, 0) is 11.8 Å². The fraction of sp³-hybridized carbons (Fsp3) is 0.0492. The molecular formula is C61H39NOS. The SMILES string of the molecule is C=C(c1cccc(-n2c3ccc4c5ccccc5sc4c3c3c4ccccc4oc32)c1)c1ccc2c(c1-c1ccccc1CC)-c1ccccc1C21c2ccccc2-c2ccccc21. The molecule has 3 heteroatoms. The summed E-state index contributed by atoms with van der Waals surface area (Å²) in [5.41, 5.74) is 21.1. The van der Waals surface area contributed by atoms with Gasteiger partial charge in [0.15, 0.2) is 0 Å². The van der Waals surface area contributed by atoms with Crippen molar-refractivity contribution in [3.8, 4) is 39.1 Å². The van der Waals surface area contributed by atoms with Gasteiger partial charge in [0.25, 0.3) is 0 Å². The smallest absolute Gasteiger partial charge is 0.213 e. The van der Waals surface area contributed by atoms with E-state index in [1.54, 1.807) is 0 Å². The lowest BCUT2D eigenvalue weighted by Crippen LogP contribution is -2.25. The first kappa shape index (κ1) is 35.8. The molecule has 3 heterocycles. The molecule has 64 heavy (non-hydrogen) atoms. The third-order valence-corrected chi connectivity index (χ3v) is 15.6. The molecule has 3 aromatic heterocycles. The van der Waals surface area contributed by atoms with Gasteiger partial charge in [-0.05, 0) is 115 Å². The molecule has 0 unspecified atom stereocenters. The molecule has 0 fully saturated rings. The monoisotopic (exact) mass is 833 g/mol. The number of thiophene rings is 1. The molecule has 0 radical (unpaired) electrons. The van der Waals surface area contributed by atoms with E-state index in [0.717, 1.165) is 56.4 Å². The molecule has 2 nitrogen and oxygen atoms in total. The minimum atomic E-state index is -0.442. The molecule has 300 valence electrons. The minimum absolute atomic E-state index is 0.442. The number of para-hydroxylation sites is 1. The summed E-state index contributed by atoms with van der Waals surface area (Å²) in [6.45, 7) is 7.26. The van der Waals surface area contributed by atoms with Gasteiger partial charge in [0.1, 0.15) is 5.58 Å². The van der Waals surface area contributed by atoms with Gasteiger partial charge in [0.2, 0.25) is 5.71 Å². The van der Waals surface area contributed by atoms with E-state index in [2.05, 4.69) is 206 Å². The molecule has 0 bridgehead atoms. The van der Waals surface area contributed by atoms with Gasteiger partial charge in [-0.25, -0.2) is 0 Å². The zero-order valence-corrected chi connectivity index (χ0v) is 36.0. The summed E-state index contributed by atoms with van der Waals surface area (Å²) >= 11 is 1.87. The summed E-state index contributed by atoms with van der Waals surface area (Å²) in [7, 11) is 0. The van der Waals surface area contributed by atoms with Gasteiger partial charge in [-0.3, -0.25) is 4.57 Å². The van der Waals surface area contributed by atoms with Crippen LogP contribution in [0.25, 0.3) is 97.8 Å². The fourth-order valence-corrected chi connectivity index (χ4v) is 13.0. The number of hydrogen-bond donors (Lipinski definition) is 0. The average Bonchev–Trinajstić information content (AvgIpc) is 4.15. The number of nitrogens with zero attached hydrogens (tertiary/aromatic N) is 1. The zero-order valence-electron chi connectivity index (χ0n) is 35.2. The van der Waals surface area contributed by atoms with Crippen molar-refractivity contribution in [3.05, 3.63) is 240 Å². The van der Waals surface area contributed by atoms with E-state index >= 15 is 0 Å². The second-order valence-corrected chi connectivity index (χ2v) is 18.4. The maximum atomic E-state index is 6.86. The maximum absolute atomic E-state index is 6.86. The Morgan fingerprint density at radius 3 is 1.98 bits per heavy atom. The number of rotatable bonds is 5. The van der Waals surface area contributed by atoms with Crippen LogP contribution in [0.3, 0.4) is 0 Å². The molecule has 0 saturated carbocycles. The van der Waals surface area contributed by atoms with Gasteiger partial charge < -0.3 is 4.42 Å². The van der Waals surface area contributed by atoms with Crippen LogP contribution < -0.4 is 0 Å². The molecule has 0 aliphatic heterocycles. The van der Waals surface area contributed by atoms with Crippen LogP contribution in [0.15, 0.2) is 205 Å². The molecule has 12 aromatic rings. The van der Waals surface area contributed by atoms with E-state index in [1.165, 1.54) is 86.8 Å². The molecule has 9 aromatic carbocycles. The molecular weight excluding hydrogens is 795 g/mol. The van der Waals surface area contributed by atoms with Crippen molar-refractivity contribution in [2.45, 2.75) is 18.8 Å². The van der Waals surface area contributed by atoms with Crippen LogP contribution in [0.4, 0.5) is 0 Å². The van der Waals surface area contributed by atoms with Gasteiger partial charge in [-0.15, -0.1) is 11.3 Å². The van der Waals surface area contributed by atoms with Gasteiger partial charge in [0.05, 0.1) is 16.3 Å². The normalized spacial score (nSPS) is 13.3. The molecule has 0 N–H and O–H groups in total. The second kappa shape index (κ2) is 13.2. The van der Waals surface area contributed by atoms with Crippen LogP contribution in [0.5, 0.6) is 0 Å². The number of furan rings is 1. The van der Waals surface area contributed by atoms with Gasteiger partial charge in [-0.2, -0.15) is 0 Å². The van der Waals surface area contributed by atoms with E-state index in [-0.39, 0.29) is 0 Å². The van der Waals surface area contributed by atoms with Gasteiger partial charge >= 0.3 is 0 Å². The Balaban J connectivity index is 1.02. The van der Waals surface area contributed by atoms with Gasteiger partial charge in [-0.1, -0.05) is 177 Å². The first-order chi connectivity index (χ1) is 31.6. The predicted molar refractivity (Wildman–Crippen MR) is 269 cm³/mol. The number of benzene rings is 9. The highest BCUT2D eigenvalue weighted by Crippen LogP contribution is 2.64. The second-order valence-electron chi connectivity index (χ2n) is 17.4. The molecule has 0 amide bonds. The summed E-state index contributed by atoms with van der Waals surface area (Å²) in [6, 6.07) is 71.8. The zero-order chi connectivity index (χ0) is 42.3. The Kier molecular flexibility index (Phi) is 7.36. The number of hydrogen-bond acceptors (Lipinski definition) is 2. The third-order valence-electron chi connectivity index (χ3n) is 14.4. The van der Waals surface area contributed by atoms with Crippen molar-refractivity contribution in [1.29, 1.82) is 0 Å². The van der Waals surface area contributed by atoms with Crippen LogP contribution in [0, 0.1) is 0 Å². The Bertz CT molecular complexity index is 3940. The Hall–Kier alpha value is -7.72. The average molecular weight is 834 g/mol. The topological polar surface area (TPSA) is 18.1 Å². The third kappa shape index (κ3) is 4.54. The Morgan fingerprint density at radius 2 is 1.20 bits per heavy atom. The summed E-state index contributed by atoms with van der Waals surface area (Å²) in [5.74, 6) is 0. The largest absolute Gasteiger partial charge is 0.439 e. The van der Waals surface area contributed by atoms with Crippen molar-refractivity contribution < 1.29 is 4.42 Å². The lowest BCUT2D eigenvalue weighted by molar-refractivity contribution is 0.645. The lowest BCUT2D eigenvalue weighted by Gasteiger charge is -2.31. The van der Waals surface area contributed by atoms with Crippen molar-refractivity contribution in [2.24, 2.45) is 0 Å². The summed E-state index contributed by atoms with van der Waals surface area (Å²) in [6.07, 6.45) is 0.918. The quantitative estimate of drug-likeness (QED) is 0.169. The fourth-order valence-electron chi connectivity index (χ4n) is 11.8. The number of aryl methyl sites for hydroxylation is 1. The van der Waals surface area contributed by atoms with Crippen molar-refractivity contribution in [1.82, 2.24) is 4.57 Å². The van der Waals surface area contributed by atoms with Crippen molar-refractivity contribution in [2.75, 3.05) is 0 Å². The first-order valence-electron chi connectivity index (χ1n) is 22.3. The minimum Gasteiger partial charge on any atom is -0.439 e. The highest BCUT2D eigenvalue weighted by Gasteiger charge is 2.52. The van der Waals surface area contributed by atoms with E-state index in [9.17, 15) is 0 Å². The van der Waals surface area contributed by atoms with Crippen LogP contribution >= 0.6 is 11.3 Å². The van der Waals surface area contributed by atoms with E-state index in [1.807, 2.05) is 11.3 Å². The summed E-state index contributed by atoms with van der Waals surface area (Å²) < 4.78 is 11.8. The Labute approximate surface area is 374 Å². The molecule has 1 spiro atoms. The molecule has 2 aliphatic rings. The summed E-state index contributed by atoms with van der Waals surface area (Å²) in [5, 5.41) is 6.11. The van der Waals surface area contributed by atoms with E-state index in [0.29, 0.717) is 0 Å². The Morgan fingerprint density at radius 1 is 0.547 bits per heavy atom. The van der Waals surface area contributed by atoms with Crippen LogP contribution in [0.2, 0.25) is 0 Å². The molecule has 2 aliphatic carbocycles. The maximum Gasteiger partial charge on any atom is 0.213 e. The molecule has 0 saturated heterocycles. The highest BCUT2D eigenvalue weighted by atomic mass is 32.1. The summed E-state index contributed by atoms with van der Waals surface area (Å²) in [4.78, 5) is 0. The highest BCUT2D eigenvalue weighted by molar-refractivity contribution is 7.26. The van der Waals surface area contributed by atoms with Crippen LogP contribution in [-0.4, -0.2) is 4.57 Å². The van der Waals surface area contributed by atoms with E-state index < -0.39 is 5.41 Å².